The summed E-state index contributed by atoms with van der Waals surface area (Å²) >= 11 is 2.47. The van der Waals surface area contributed by atoms with Gasteiger partial charge in [-0.25, -0.2) is 9.97 Å². The molecule has 2 aliphatic rings. The second-order valence-electron chi connectivity index (χ2n) is 8.11. The van der Waals surface area contributed by atoms with Gasteiger partial charge in [0.05, 0.1) is 34.6 Å². The lowest BCUT2D eigenvalue weighted by molar-refractivity contribution is 0.0464. The molecule has 2 aliphatic carbocycles. The van der Waals surface area contributed by atoms with Gasteiger partial charge < -0.3 is 20.1 Å². The molecule has 0 saturated heterocycles. The van der Waals surface area contributed by atoms with Gasteiger partial charge in [-0.3, -0.25) is 19.2 Å². The van der Waals surface area contributed by atoms with Gasteiger partial charge >= 0.3 is 0 Å². The number of rotatable bonds is 13. The number of nitrogens with zero attached hydrogens (tertiary/aromatic N) is 2. The minimum absolute atomic E-state index is 0.194. The molecule has 0 fully saturated rings. The fourth-order valence-electron chi connectivity index (χ4n) is 3.65. The predicted molar refractivity (Wildman–Crippen MR) is 134 cm³/mol. The molecule has 12 heteroatoms. The lowest BCUT2D eigenvalue weighted by atomic mass is 10.0. The molecular formula is C24H26N4O6S2. The third-order valence-corrected chi connectivity index (χ3v) is 7.29. The molecule has 0 amide bonds. The molecule has 0 atom stereocenters. The second kappa shape index (κ2) is 11.8. The van der Waals surface area contributed by atoms with E-state index in [0.29, 0.717) is 72.1 Å². The molecule has 0 unspecified atom stereocenters. The SMILES string of the molecule is Cc1nc2c(s1)C(=O)C=C(NCCCOCCOCCCNC1=CC(=O)c3sc(C)nc3C1=O)C2=O. The summed E-state index contributed by atoms with van der Waals surface area (Å²) in [6.45, 7) is 6.36. The highest BCUT2D eigenvalue weighted by Crippen LogP contribution is 2.26. The molecule has 0 bridgehead atoms. The zero-order valence-electron chi connectivity index (χ0n) is 20.0. The standard InChI is InChI=1S/C24H26N4O6S2/c1-13-27-19-21(31)15(11-17(29)23(19)35-13)25-5-3-7-33-9-10-34-8-4-6-26-16-12-18(30)24-20(22(16)32)28-14(2)36-24/h11-12,25-26H,3-10H2,1-2H3. The molecule has 36 heavy (non-hydrogen) atoms. The zero-order chi connectivity index (χ0) is 25.7. The first-order valence-corrected chi connectivity index (χ1v) is 13.2. The number of nitrogens with one attached hydrogen (secondary N) is 2. The molecule has 4 rings (SSSR count). The van der Waals surface area contributed by atoms with Crippen LogP contribution in [0.4, 0.5) is 0 Å². The van der Waals surface area contributed by atoms with Crippen molar-refractivity contribution in [2.45, 2.75) is 26.7 Å². The first kappa shape index (κ1) is 26.0. The number of hydrogen-bond acceptors (Lipinski definition) is 12. The molecule has 0 aliphatic heterocycles. The van der Waals surface area contributed by atoms with E-state index in [1.165, 1.54) is 34.8 Å². The average molecular weight is 531 g/mol. The Kier molecular flexibility index (Phi) is 8.52. The van der Waals surface area contributed by atoms with Crippen molar-refractivity contribution in [2.75, 3.05) is 39.5 Å². The molecule has 2 heterocycles. The summed E-state index contributed by atoms with van der Waals surface area (Å²) in [5.74, 6) is -0.894. The molecule has 2 aromatic rings. The van der Waals surface area contributed by atoms with E-state index >= 15 is 0 Å². The van der Waals surface area contributed by atoms with Crippen molar-refractivity contribution in [2.24, 2.45) is 0 Å². The van der Waals surface area contributed by atoms with Gasteiger partial charge in [0.1, 0.15) is 21.1 Å². The summed E-state index contributed by atoms with van der Waals surface area (Å²) in [6.07, 6.45) is 3.99. The Balaban J connectivity index is 1.02. The van der Waals surface area contributed by atoms with Crippen LogP contribution in [0.15, 0.2) is 23.5 Å². The smallest absolute Gasteiger partial charge is 0.228 e. The summed E-state index contributed by atoms with van der Waals surface area (Å²) in [7, 11) is 0. The maximum Gasteiger partial charge on any atom is 0.228 e. The van der Waals surface area contributed by atoms with E-state index in [4.69, 9.17) is 9.47 Å². The Morgan fingerprint density at radius 2 is 1.11 bits per heavy atom. The third kappa shape index (κ3) is 6.01. The first-order chi connectivity index (χ1) is 17.3. The quantitative estimate of drug-likeness (QED) is 0.372. The highest BCUT2D eigenvalue weighted by atomic mass is 32.1. The molecule has 0 aromatic carbocycles. The largest absolute Gasteiger partial charge is 0.382 e. The van der Waals surface area contributed by atoms with E-state index in [1.807, 2.05) is 0 Å². The number of aromatic nitrogens is 2. The van der Waals surface area contributed by atoms with E-state index in [9.17, 15) is 19.2 Å². The number of carbonyl (C=O) groups excluding carboxylic acids is 4. The molecule has 2 N–H and O–H groups in total. The van der Waals surface area contributed by atoms with Crippen LogP contribution < -0.4 is 10.6 Å². The van der Waals surface area contributed by atoms with Gasteiger partial charge in [-0.15, -0.1) is 22.7 Å². The molecule has 190 valence electrons. The average Bonchev–Trinajstić information content (AvgIpc) is 3.44. The van der Waals surface area contributed by atoms with Crippen LogP contribution in [0.1, 0.15) is 63.2 Å². The number of fused-ring (bicyclic) bond motifs is 2. The summed E-state index contributed by atoms with van der Waals surface area (Å²) in [4.78, 5) is 58.3. The molecular weight excluding hydrogens is 504 g/mol. The highest BCUT2D eigenvalue weighted by molar-refractivity contribution is 7.14. The lowest BCUT2D eigenvalue weighted by Gasteiger charge is -2.13. The van der Waals surface area contributed by atoms with Crippen LogP contribution in [0.3, 0.4) is 0 Å². The monoisotopic (exact) mass is 530 g/mol. The minimum Gasteiger partial charge on any atom is -0.382 e. The van der Waals surface area contributed by atoms with Crippen molar-refractivity contribution in [1.82, 2.24) is 20.6 Å². The number of ether oxygens (including phenoxy) is 2. The van der Waals surface area contributed by atoms with Crippen molar-refractivity contribution < 1.29 is 28.7 Å². The summed E-state index contributed by atoms with van der Waals surface area (Å²) in [5.41, 5.74) is 1.00. The van der Waals surface area contributed by atoms with Gasteiger partial charge in [0.25, 0.3) is 0 Å². The van der Waals surface area contributed by atoms with Gasteiger partial charge in [-0.2, -0.15) is 0 Å². The van der Waals surface area contributed by atoms with Crippen LogP contribution in [0, 0.1) is 13.8 Å². The van der Waals surface area contributed by atoms with Crippen molar-refractivity contribution in [3.05, 3.63) is 54.7 Å². The maximum absolute atomic E-state index is 12.4. The van der Waals surface area contributed by atoms with E-state index in [0.717, 1.165) is 0 Å². The van der Waals surface area contributed by atoms with Crippen molar-refractivity contribution in [3.63, 3.8) is 0 Å². The molecule has 10 nitrogen and oxygen atoms in total. The molecule has 0 saturated carbocycles. The zero-order valence-corrected chi connectivity index (χ0v) is 21.6. The van der Waals surface area contributed by atoms with Crippen molar-refractivity contribution in [3.8, 4) is 0 Å². The normalized spacial score (nSPS) is 14.9. The third-order valence-electron chi connectivity index (χ3n) is 5.32. The summed E-state index contributed by atoms with van der Waals surface area (Å²) in [6, 6.07) is 0. The number of aryl methyl sites for hydroxylation is 2. The van der Waals surface area contributed by atoms with Crippen LogP contribution in [-0.4, -0.2) is 72.6 Å². The van der Waals surface area contributed by atoms with Gasteiger partial charge in [-0.05, 0) is 26.7 Å². The topological polar surface area (TPSA) is 137 Å². The lowest BCUT2D eigenvalue weighted by Crippen LogP contribution is -2.28. The van der Waals surface area contributed by atoms with Crippen molar-refractivity contribution >= 4 is 45.8 Å². The van der Waals surface area contributed by atoms with Gasteiger partial charge in [-0.1, -0.05) is 0 Å². The van der Waals surface area contributed by atoms with E-state index < -0.39 is 0 Å². The number of carbonyl (C=O) groups is 4. The Morgan fingerprint density at radius 3 is 1.53 bits per heavy atom. The molecule has 0 spiro atoms. The molecule has 0 radical (unpaired) electrons. The molecule has 2 aromatic heterocycles. The van der Waals surface area contributed by atoms with Crippen LogP contribution in [0.2, 0.25) is 0 Å². The maximum atomic E-state index is 12.4. The fraction of sp³-hybridized carbons (Fsp3) is 0.417. The van der Waals surface area contributed by atoms with Crippen LogP contribution >= 0.6 is 22.7 Å². The Bertz CT molecular complexity index is 1160. The predicted octanol–water partition coefficient (Wildman–Crippen LogP) is 2.44. The Hall–Kier alpha value is -3.06. The van der Waals surface area contributed by atoms with E-state index in [2.05, 4.69) is 20.6 Å². The minimum atomic E-state index is -0.253. The first-order valence-electron chi connectivity index (χ1n) is 11.5. The highest BCUT2D eigenvalue weighted by Gasteiger charge is 2.30. The Labute approximate surface area is 215 Å². The van der Waals surface area contributed by atoms with E-state index in [-0.39, 0.29) is 45.9 Å². The number of thiazole rings is 2. The van der Waals surface area contributed by atoms with E-state index in [1.54, 1.807) is 13.8 Å². The van der Waals surface area contributed by atoms with Gasteiger partial charge in [0, 0.05) is 38.5 Å². The van der Waals surface area contributed by atoms with Crippen LogP contribution in [-0.2, 0) is 9.47 Å². The summed E-state index contributed by atoms with van der Waals surface area (Å²) in [5, 5.41) is 7.39. The summed E-state index contributed by atoms with van der Waals surface area (Å²) < 4.78 is 11.1. The van der Waals surface area contributed by atoms with Gasteiger partial charge in [0.2, 0.25) is 11.6 Å². The number of allylic oxidation sites excluding steroid dienone is 4. The van der Waals surface area contributed by atoms with Gasteiger partial charge in [0.15, 0.2) is 11.6 Å². The fourth-order valence-corrected chi connectivity index (χ4v) is 5.31. The van der Waals surface area contributed by atoms with Crippen LogP contribution in [0.5, 0.6) is 0 Å². The number of Topliss-reactive ketones (excluding diaryl/α,β-unsaturated/α-hetero) is 2. The number of ketones is 4. The van der Waals surface area contributed by atoms with Crippen LogP contribution in [0.25, 0.3) is 0 Å². The Morgan fingerprint density at radius 1 is 0.694 bits per heavy atom. The second-order valence-corrected chi connectivity index (χ2v) is 10.5. The number of hydrogen-bond donors (Lipinski definition) is 2. The van der Waals surface area contributed by atoms with Crippen molar-refractivity contribution in [1.29, 1.82) is 0 Å².